The molecule has 0 saturated heterocycles. The molecule has 4 nitrogen and oxygen atoms in total. The van der Waals surface area contributed by atoms with Gasteiger partial charge >= 0.3 is 0 Å². The summed E-state index contributed by atoms with van der Waals surface area (Å²) in [6.07, 6.45) is 1.000. The summed E-state index contributed by atoms with van der Waals surface area (Å²) in [7, 11) is 0. The number of hydrogen-bond acceptors (Lipinski definition) is 5. The Bertz CT molecular complexity index is 1080. The molecule has 4 aromatic rings. The Balaban J connectivity index is 1.73. The Hall–Kier alpha value is -2.92. The van der Waals surface area contributed by atoms with E-state index in [9.17, 15) is 0 Å². The van der Waals surface area contributed by atoms with Crippen LogP contribution in [0.2, 0.25) is 0 Å². The Morgan fingerprint density at radius 1 is 0.897 bits per heavy atom. The van der Waals surface area contributed by atoms with E-state index in [-0.39, 0.29) is 0 Å². The monoisotopic (exact) mass is 402 g/mol. The third kappa shape index (κ3) is 4.10. The van der Waals surface area contributed by atoms with E-state index in [0.717, 1.165) is 52.6 Å². The fourth-order valence-corrected chi connectivity index (χ4v) is 4.41. The number of fused-ring (bicyclic) bond motifs is 1. The minimum absolute atomic E-state index is 0.755. The van der Waals surface area contributed by atoms with Gasteiger partial charge in [0, 0.05) is 34.9 Å². The van der Waals surface area contributed by atoms with E-state index in [1.165, 1.54) is 10.6 Å². The van der Waals surface area contributed by atoms with Crippen LogP contribution in [-0.2, 0) is 6.42 Å². The molecule has 0 unspecified atom stereocenters. The molecule has 0 aliphatic rings. The summed E-state index contributed by atoms with van der Waals surface area (Å²) in [5.74, 6) is 1.62. The van der Waals surface area contributed by atoms with Crippen LogP contribution >= 0.6 is 11.3 Å². The molecular formula is C24H26N4S. The van der Waals surface area contributed by atoms with Crippen LogP contribution in [0, 0.1) is 0 Å². The number of nitrogens with one attached hydrogen (secondary N) is 1. The molecule has 0 spiro atoms. The molecule has 0 radical (unpaired) electrons. The number of rotatable bonds is 7. The lowest BCUT2D eigenvalue weighted by atomic mass is 10.2. The van der Waals surface area contributed by atoms with Crippen molar-refractivity contribution in [2.45, 2.75) is 27.2 Å². The second-order valence-electron chi connectivity index (χ2n) is 6.89. The standard InChI is InChI=1S/C24H26N4S/c1-4-20-16-21-23(25-18-12-14-19(15-13-18)28(5-2)6-3)26-22(27-24(21)29-20)17-10-8-7-9-11-17/h7-16H,4-6H2,1-3H3,(H,25,26,27). The van der Waals surface area contributed by atoms with Crippen molar-refractivity contribution in [3.63, 3.8) is 0 Å². The first kappa shape index (κ1) is 19.4. The van der Waals surface area contributed by atoms with Gasteiger partial charge in [-0.3, -0.25) is 0 Å². The van der Waals surface area contributed by atoms with Crippen molar-refractivity contribution >= 4 is 38.7 Å². The van der Waals surface area contributed by atoms with Gasteiger partial charge in [0.05, 0.1) is 5.39 Å². The lowest BCUT2D eigenvalue weighted by Crippen LogP contribution is -2.21. The van der Waals surface area contributed by atoms with E-state index in [4.69, 9.17) is 9.97 Å². The van der Waals surface area contributed by atoms with Crippen LogP contribution < -0.4 is 10.2 Å². The topological polar surface area (TPSA) is 41.0 Å². The molecule has 0 bridgehead atoms. The first-order valence-corrected chi connectivity index (χ1v) is 11.0. The van der Waals surface area contributed by atoms with E-state index < -0.39 is 0 Å². The summed E-state index contributed by atoms with van der Waals surface area (Å²) in [4.78, 5) is 14.4. The predicted octanol–water partition coefficient (Wildman–Crippen LogP) is 6.51. The van der Waals surface area contributed by atoms with E-state index >= 15 is 0 Å². The Morgan fingerprint density at radius 3 is 2.28 bits per heavy atom. The molecule has 2 aromatic heterocycles. The van der Waals surface area contributed by atoms with Crippen LogP contribution in [0.5, 0.6) is 0 Å². The zero-order valence-electron chi connectivity index (χ0n) is 17.1. The Morgan fingerprint density at radius 2 is 1.62 bits per heavy atom. The molecule has 0 saturated carbocycles. The van der Waals surface area contributed by atoms with E-state index in [1.807, 2.05) is 18.2 Å². The van der Waals surface area contributed by atoms with Gasteiger partial charge in [0.2, 0.25) is 0 Å². The zero-order chi connectivity index (χ0) is 20.2. The van der Waals surface area contributed by atoms with Crippen LogP contribution in [0.15, 0.2) is 60.7 Å². The first-order valence-electron chi connectivity index (χ1n) is 10.2. The van der Waals surface area contributed by atoms with Crippen LogP contribution in [0.4, 0.5) is 17.2 Å². The normalized spacial score (nSPS) is 11.0. The number of nitrogens with zero attached hydrogens (tertiary/aromatic N) is 3. The van der Waals surface area contributed by atoms with E-state index in [1.54, 1.807) is 11.3 Å². The van der Waals surface area contributed by atoms with Gasteiger partial charge in [-0.05, 0) is 50.6 Å². The maximum Gasteiger partial charge on any atom is 0.163 e. The highest BCUT2D eigenvalue weighted by Gasteiger charge is 2.13. The fraction of sp³-hybridized carbons (Fsp3) is 0.250. The Labute approximate surface area is 176 Å². The van der Waals surface area contributed by atoms with Gasteiger partial charge in [-0.25, -0.2) is 9.97 Å². The fourth-order valence-electron chi connectivity index (χ4n) is 3.44. The number of aromatic nitrogens is 2. The molecular weight excluding hydrogens is 376 g/mol. The third-order valence-electron chi connectivity index (χ3n) is 5.08. The van der Waals surface area contributed by atoms with Gasteiger partial charge in [0.1, 0.15) is 10.6 Å². The maximum atomic E-state index is 4.88. The lowest BCUT2D eigenvalue weighted by Gasteiger charge is -2.21. The molecule has 1 N–H and O–H groups in total. The van der Waals surface area contributed by atoms with Crippen LogP contribution in [0.3, 0.4) is 0 Å². The van der Waals surface area contributed by atoms with Crippen molar-refractivity contribution in [2.24, 2.45) is 0 Å². The molecule has 5 heteroatoms. The number of benzene rings is 2. The molecule has 29 heavy (non-hydrogen) atoms. The van der Waals surface area contributed by atoms with Crippen molar-refractivity contribution in [3.8, 4) is 11.4 Å². The molecule has 2 heterocycles. The van der Waals surface area contributed by atoms with Crippen LogP contribution in [0.1, 0.15) is 25.6 Å². The lowest BCUT2D eigenvalue weighted by molar-refractivity contribution is 0.866. The smallest absolute Gasteiger partial charge is 0.163 e. The summed E-state index contributed by atoms with van der Waals surface area (Å²) in [5, 5.41) is 4.62. The van der Waals surface area contributed by atoms with Crippen molar-refractivity contribution in [1.29, 1.82) is 0 Å². The average molecular weight is 403 g/mol. The highest BCUT2D eigenvalue weighted by molar-refractivity contribution is 7.18. The molecule has 0 aliphatic carbocycles. The first-order chi connectivity index (χ1) is 14.2. The largest absolute Gasteiger partial charge is 0.372 e. The second-order valence-corrected chi connectivity index (χ2v) is 8.01. The summed E-state index contributed by atoms with van der Waals surface area (Å²) < 4.78 is 0. The van der Waals surface area contributed by atoms with Gasteiger partial charge in [-0.1, -0.05) is 37.3 Å². The van der Waals surface area contributed by atoms with Crippen molar-refractivity contribution in [1.82, 2.24) is 9.97 Å². The van der Waals surface area contributed by atoms with E-state index in [0.29, 0.717) is 0 Å². The van der Waals surface area contributed by atoms with Gasteiger partial charge < -0.3 is 10.2 Å². The molecule has 0 fully saturated rings. The van der Waals surface area contributed by atoms with Gasteiger partial charge in [0.15, 0.2) is 5.82 Å². The van der Waals surface area contributed by atoms with Crippen molar-refractivity contribution in [3.05, 3.63) is 65.5 Å². The zero-order valence-corrected chi connectivity index (χ0v) is 18.0. The molecule has 148 valence electrons. The number of thiophene rings is 1. The molecule has 4 rings (SSSR count). The summed E-state index contributed by atoms with van der Waals surface area (Å²) >= 11 is 1.75. The van der Waals surface area contributed by atoms with Gasteiger partial charge in [0.25, 0.3) is 0 Å². The van der Waals surface area contributed by atoms with Crippen molar-refractivity contribution in [2.75, 3.05) is 23.3 Å². The number of aryl methyl sites for hydroxylation is 1. The number of anilines is 3. The SMILES string of the molecule is CCc1cc2c(Nc3ccc(N(CC)CC)cc3)nc(-c3ccccc3)nc2s1. The van der Waals surface area contributed by atoms with Crippen LogP contribution in [-0.4, -0.2) is 23.1 Å². The molecule has 0 amide bonds. The summed E-state index contributed by atoms with van der Waals surface area (Å²) in [6, 6.07) is 20.9. The van der Waals surface area contributed by atoms with Crippen LogP contribution in [0.25, 0.3) is 21.6 Å². The molecule has 0 aliphatic heterocycles. The predicted molar refractivity (Wildman–Crippen MR) is 126 cm³/mol. The minimum atomic E-state index is 0.755. The maximum absolute atomic E-state index is 4.88. The second kappa shape index (κ2) is 8.62. The molecule has 0 atom stereocenters. The molecule has 2 aromatic carbocycles. The third-order valence-corrected chi connectivity index (χ3v) is 6.26. The quantitative estimate of drug-likeness (QED) is 0.382. The van der Waals surface area contributed by atoms with Crippen molar-refractivity contribution < 1.29 is 0 Å². The van der Waals surface area contributed by atoms with Gasteiger partial charge in [-0.15, -0.1) is 11.3 Å². The minimum Gasteiger partial charge on any atom is -0.372 e. The highest BCUT2D eigenvalue weighted by atomic mass is 32.1. The highest BCUT2D eigenvalue weighted by Crippen LogP contribution is 2.33. The summed E-state index contributed by atoms with van der Waals surface area (Å²) in [5.41, 5.74) is 3.30. The Kier molecular flexibility index (Phi) is 5.76. The average Bonchev–Trinajstić information content (AvgIpc) is 3.20. The summed E-state index contributed by atoms with van der Waals surface area (Å²) in [6.45, 7) is 8.55. The van der Waals surface area contributed by atoms with Gasteiger partial charge in [-0.2, -0.15) is 0 Å². The number of hydrogen-bond donors (Lipinski definition) is 1. The van der Waals surface area contributed by atoms with E-state index in [2.05, 4.69) is 73.5 Å².